The highest BCUT2D eigenvalue weighted by Crippen LogP contribution is 2.31. The van der Waals surface area contributed by atoms with E-state index in [2.05, 4.69) is 5.32 Å². The van der Waals surface area contributed by atoms with Crippen LogP contribution in [-0.4, -0.2) is 41.5 Å². The molecule has 1 unspecified atom stereocenters. The van der Waals surface area contributed by atoms with Crippen molar-refractivity contribution in [1.82, 2.24) is 10.2 Å². The molecule has 7 heteroatoms. The quantitative estimate of drug-likeness (QED) is 0.388. The number of nitrogens with zero attached hydrogens (tertiary/aromatic N) is 1. The zero-order valence-electron chi connectivity index (χ0n) is 22.2. The van der Waals surface area contributed by atoms with Gasteiger partial charge in [-0.15, -0.1) is 0 Å². The lowest BCUT2D eigenvalue weighted by atomic mass is 9.99. The standard InChI is InChI=1S/C31H35ClN2O4/c1-31(2,3)33-30(36)26(19-22-8-5-4-6-9-22)34(21-24-10-7-11-25(32)18-24)29(35)15-13-23-12-14-27-28(20-23)38-17-16-37-27/h4-12,14,18,20,26H,13,15-17,19,21H2,1-3H3,(H,33,36). The van der Waals surface area contributed by atoms with Crippen LogP contribution < -0.4 is 14.8 Å². The van der Waals surface area contributed by atoms with Gasteiger partial charge >= 0.3 is 0 Å². The van der Waals surface area contributed by atoms with Crippen molar-refractivity contribution in [3.05, 3.63) is 94.5 Å². The summed E-state index contributed by atoms with van der Waals surface area (Å²) < 4.78 is 11.3. The second-order valence-corrected chi connectivity index (χ2v) is 11.0. The molecule has 4 rings (SSSR count). The van der Waals surface area contributed by atoms with E-state index in [-0.39, 0.29) is 24.8 Å². The predicted octanol–water partition coefficient (Wildman–Crippen LogP) is 5.60. The van der Waals surface area contributed by atoms with Crippen LogP contribution in [0.4, 0.5) is 0 Å². The zero-order valence-corrected chi connectivity index (χ0v) is 23.0. The largest absolute Gasteiger partial charge is 0.486 e. The summed E-state index contributed by atoms with van der Waals surface area (Å²) in [4.78, 5) is 29.2. The smallest absolute Gasteiger partial charge is 0.243 e. The Morgan fingerprint density at radius 3 is 2.32 bits per heavy atom. The van der Waals surface area contributed by atoms with Gasteiger partial charge in [0.15, 0.2) is 11.5 Å². The van der Waals surface area contributed by atoms with Gasteiger partial charge in [-0.2, -0.15) is 0 Å². The Labute approximate surface area is 229 Å². The number of carbonyl (C=O) groups excluding carboxylic acids is 2. The van der Waals surface area contributed by atoms with E-state index < -0.39 is 11.6 Å². The molecule has 0 saturated carbocycles. The summed E-state index contributed by atoms with van der Waals surface area (Å²) in [5, 5.41) is 3.68. The van der Waals surface area contributed by atoms with E-state index in [0.29, 0.717) is 36.8 Å². The highest BCUT2D eigenvalue weighted by molar-refractivity contribution is 6.30. The molecule has 0 aliphatic carbocycles. The van der Waals surface area contributed by atoms with Crippen LogP contribution in [0.3, 0.4) is 0 Å². The number of hydrogen-bond acceptors (Lipinski definition) is 4. The average molecular weight is 535 g/mol. The number of aryl methyl sites for hydroxylation is 1. The predicted molar refractivity (Wildman–Crippen MR) is 150 cm³/mol. The maximum Gasteiger partial charge on any atom is 0.243 e. The Balaban J connectivity index is 1.61. The number of fused-ring (bicyclic) bond motifs is 1. The third-order valence-corrected chi connectivity index (χ3v) is 6.48. The van der Waals surface area contributed by atoms with E-state index in [4.69, 9.17) is 21.1 Å². The molecular weight excluding hydrogens is 500 g/mol. The molecule has 0 spiro atoms. The molecule has 1 aliphatic heterocycles. The second-order valence-electron chi connectivity index (χ2n) is 10.6. The minimum Gasteiger partial charge on any atom is -0.486 e. The van der Waals surface area contributed by atoms with Crippen LogP contribution in [0, 0.1) is 0 Å². The zero-order chi connectivity index (χ0) is 27.1. The maximum absolute atomic E-state index is 13.9. The first kappa shape index (κ1) is 27.5. The lowest BCUT2D eigenvalue weighted by Crippen LogP contribution is -2.54. The summed E-state index contributed by atoms with van der Waals surface area (Å²) >= 11 is 6.26. The lowest BCUT2D eigenvalue weighted by molar-refractivity contribution is -0.141. The van der Waals surface area contributed by atoms with Crippen LogP contribution in [0.25, 0.3) is 0 Å². The van der Waals surface area contributed by atoms with Crippen LogP contribution >= 0.6 is 11.6 Å². The Hall–Kier alpha value is -3.51. The molecule has 2 amide bonds. The van der Waals surface area contributed by atoms with Gasteiger partial charge in [0.1, 0.15) is 19.3 Å². The van der Waals surface area contributed by atoms with Gasteiger partial charge in [-0.25, -0.2) is 0 Å². The van der Waals surface area contributed by atoms with Gasteiger partial charge in [0.2, 0.25) is 11.8 Å². The molecule has 200 valence electrons. The monoisotopic (exact) mass is 534 g/mol. The molecule has 1 N–H and O–H groups in total. The number of amides is 2. The molecular formula is C31H35ClN2O4. The van der Waals surface area contributed by atoms with Crippen molar-refractivity contribution in [1.29, 1.82) is 0 Å². The number of carbonyl (C=O) groups is 2. The first-order chi connectivity index (χ1) is 18.2. The summed E-state index contributed by atoms with van der Waals surface area (Å²) in [5.41, 5.74) is 2.38. The van der Waals surface area contributed by atoms with E-state index in [1.165, 1.54) is 0 Å². The third kappa shape index (κ3) is 7.75. The minimum absolute atomic E-state index is 0.107. The molecule has 0 radical (unpaired) electrons. The van der Waals surface area contributed by atoms with Crippen LogP contribution in [0.1, 0.15) is 43.9 Å². The third-order valence-electron chi connectivity index (χ3n) is 6.25. The highest BCUT2D eigenvalue weighted by Gasteiger charge is 2.32. The molecule has 0 bridgehead atoms. The molecule has 38 heavy (non-hydrogen) atoms. The lowest BCUT2D eigenvalue weighted by Gasteiger charge is -2.34. The van der Waals surface area contributed by atoms with Crippen LogP contribution in [0.15, 0.2) is 72.8 Å². The summed E-state index contributed by atoms with van der Waals surface area (Å²) in [6, 6.07) is 22.3. The van der Waals surface area contributed by atoms with Gasteiger partial charge in [0.05, 0.1) is 0 Å². The van der Waals surface area contributed by atoms with Gasteiger partial charge in [-0.05, 0) is 68.1 Å². The fraction of sp³-hybridized carbons (Fsp3) is 0.355. The molecule has 0 fully saturated rings. The van der Waals surface area contributed by atoms with Crippen molar-refractivity contribution in [2.24, 2.45) is 0 Å². The van der Waals surface area contributed by atoms with Gasteiger partial charge in [0.25, 0.3) is 0 Å². The number of benzene rings is 3. The van der Waals surface area contributed by atoms with Crippen molar-refractivity contribution < 1.29 is 19.1 Å². The van der Waals surface area contributed by atoms with Crippen molar-refractivity contribution >= 4 is 23.4 Å². The molecule has 6 nitrogen and oxygen atoms in total. The fourth-order valence-corrected chi connectivity index (χ4v) is 4.69. The van der Waals surface area contributed by atoms with Gasteiger partial charge < -0.3 is 19.7 Å². The first-order valence-corrected chi connectivity index (χ1v) is 13.3. The Morgan fingerprint density at radius 2 is 1.61 bits per heavy atom. The minimum atomic E-state index is -0.691. The first-order valence-electron chi connectivity index (χ1n) is 13.0. The van der Waals surface area contributed by atoms with E-state index in [1.54, 1.807) is 11.0 Å². The number of hydrogen-bond donors (Lipinski definition) is 1. The van der Waals surface area contributed by atoms with E-state index in [0.717, 1.165) is 22.4 Å². The normalized spacial score (nSPS) is 13.5. The number of ether oxygens (including phenoxy) is 2. The molecule has 1 aliphatic rings. The fourth-order valence-electron chi connectivity index (χ4n) is 4.48. The van der Waals surface area contributed by atoms with E-state index in [9.17, 15) is 9.59 Å². The van der Waals surface area contributed by atoms with Crippen molar-refractivity contribution in [3.8, 4) is 11.5 Å². The van der Waals surface area contributed by atoms with Crippen molar-refractivity contribution in [3.63, 3.8) is 0 Å². The summed E-state index contributed by atoms with van der Waals surface area (Å²) in [5.74, 6) is 1.13. The van der Waals surface area contributed by atoms with E-state index in [1.807, 2.05) is 87.5 Å². The molecule has 3 aromatic carbocycles. The maximum atomic E-state index is 13.9. The summed E-state index contributed by atoms with van der Waals surface area (Å²) in [6.07, 6.45) is 1.16. The Bertz CT molecular complexity index is 1260. The molecule has 1 heterocycles. The number of halogens is 1. The van der Waals surface area contributed by atoms with Gasteiger partial charge in [-0.1, -0.05) is 60.1 Å². The van der Waals surface area contributed by atoms with Gasteiger partial charge in [-0.3, -0.25) is 9.59 Å². The molecule has 0 aromatic heterocycles. The average Bonchev–Trinajstić information content (AvgIpc) is 2.89. The van der Waals surface area contributed by atoms with Crippen molar-refractivity contribution in [2.45, 2.75) is 58.2 Å². The summed E-state index contributed by atoms with van der Waals surface area (Å²) in [7, 11) is 0. The van der Waals surface area contributed by atoms with Crippen LogP contribution in [-0.2, 0) is 29.0 Å². The summed E-state index contributed by atoms with van der Waals surface area (Å²) in [6.45, 7) is 7.13. The highest BCUT2D eigenvalue weighted by atomic mass is 35.5. The number of nitrogens with one attached hydrogen (secondary N) is 1. The Morgan fingerprint density at radius 1 is 0.895 bits per heavy atom. The topological polar surface area (TPSA) is 67.9 Å². The Kier molecular flexibility index (Phi) is 8.95. The molecule has 3 aromatic rings. The molecule has 0 saturated heterocycles. The SMILES string of the molecule is CC(C)(C)NC(=O)C(Cc1ccccc1)N(Cc1cccc(Cl)c1)C(=O)CCc1ccc2c(c1)OCCO2. The van der Waals surface area contributed by atoms with E-state index >= 15 is 0 Å². The number of rotatable bonds is 9. The van der Waals surface area contributed by atoms with Crippen LogP contribution in [0.5, 0.6) is 11.5 Å². The second kappa shape index (κ2) is 12.4. The van der Waals surface area contributed by atoms with Crippen LogP contribution in [0.2, 0.25) is 5.02 Å². The van der Waals surface area contributed by atoms with Crippen molar-refractivity contribution in [2.75, 3.05) is 13.2 Å². The molecule has 1 atom stereocenters. The van der Waals surface area contributed by atoms with Gasteiger partial charge in [0, 0.05) is 29.9 Å².